The number of hydrogen-bond acceptors (Lipinski definition) is 5. The fourth-order valence-corrected chi connectivity index (χ4v) is 6.33. The van der Waals surface area contributed by atoms with Crippen molar-refractivity contribution in [3.8, 4) is 0 Å². The van der Waals surface area contributed by atoms with E-state index in [1.807, 2.05) is 6.92 Å². The summed E-state index contributed by atoms with van der Waals surface area (Å²) in [5.41, 5.74) is 4.79. The molecule has 2 aromatic rings. The molecule has 1 N–H and O–H groups in total. The normalized spacial score (nSPS) is 27.2. The zero-order chi connectivity index (χ0) is 22.3. The second-order valence-electron chi connectivity index (χ2n) is 9.61. The van der Waals surface area contributed by atoms with Gasteiger partial charge in [0, 0.05) is 0 Å². The van der Waals surface area contributed by atoms with Crippen molar-refractivity contribution in [3.05, 3.63) is 64.7 Å². The summed E-state index contributed by atoms with van der Waals surface area (Å²) >= 11 is 0. The third-order valence-corrected chi connectivity index (χ3v) is 8.55. The lowest BCUT2D eigenvalue weighted by Gasteiger charge is -2.26. The number of hydrogen-bond donors (Lipinski definition) is 1. The molecule has 2 fully saturated rings. The highest BCUT2D eigenvalue weighted by Crippen LogP contribution is 2.43. The minimum absolute atomic E-state index is 0.189. The minimum atomic E-state index is -3.73. The maximum Gasteiger partial charge on any atom is 0.407 e. The fraction of sp³-hybridized carbons (Fsp3) is 0.480. The van der Waals surface area contributed by atoms with Gasteiger partial charge in [-0.25, -0.2) is 4.79 Å². The number of fused-ring (bicyclic) bond motifs is 1. The zero-order valence-corrected chi connectivity index (χ0v) is 19.1. The van der Waals surface area contributed by atoms with Crippen molar-refractivity contribution in [1.82, 2.24) is 5.32 Å². The Labute approximate surface area is 189 Å². The number of benzene rings is 2. The van der Waals surface area contributed by atoms with Crippen LogP contribution < -0.4 is 5.32 Å². The quantitative estimate of drug-likeness (QED) is 0.682. The van der Waals surface area contributed by atoms with Gasteiger partial charge in [-0.15, -0.1) is 0 Å². The summed E-state index contributed by atoms with van der Waals surface area (Å²) in [6.45, 7) is 2.61. The van der Waals surface area contributed by atoms with E-state index in [4.69, 9.17) is 8.92 Å². The van der Waals surface area contributed by atoms with Gasteiger partial charge in [0.25, 0.3) is 10.1 Å². The lowest BCUT2D eigenvalue weighted by atomic mass is 9.82. The largest absolute Gasteiger partial charge is 0.447 e. The Morgan fingerprint density at radius 1 is 1.12 bits per heavy atom. The molecular weight excluding hydrogens is 426 g/mol. The average molecular weight is 456 g/mol. The summed E-state index contributed by atoms with van der Waals surface area (Å²) in [4.78, 5) is 11.7. The van der Waals surface area contributed by atoms with Crippen molar-refractivity contribution in [2.24, 2.45) is 5.92 Å². The molecular formula is C25H29NO5S. The van der Waals surface area contributed by atoms with E-state index in [2.05, 4.69) is 23.5 Å². The topological polar surface area (TPSA) is 81.7 Å². The van der Waals surface area contributed by atoms with Gasteiger partial charge in [-0.1, -0.05) is 35.9 Å². The van der Waals surface area contributed by atoms with Gasteiger partial charge in [0.05, 0.1) is 17.0 Å². The molecule has 1 unspecified atom stereocenters. The van der Waals surface area contributed by atoms with Crippen LogP contribution in [0.3, 0.4) is 0 Å². The molecule has 3 atom stereocenters. The van der Waals surface area contributed by atoms with E-state index < -0.39 is 10.1 Å². The molecule has 5 rings (SSSR count). The van der Waals surface area contributed by atoms with Crippen LogP contribution >= 0.6 is 0 Å². The van der Waals surface area contributed by atoms with Gasteiger partial charge in [-0.3, -0.25) is 4.18 Å². The molecule has 6 nitrogen and oxygen atoms in total. The van der Waals surface area contributed by atoms with Crippen LogP contribution in [0.2, 0.25) is 0 Å². The maximum atomic E-state index is 12.5. The van der Waals surface area contributed by atoms with Gasteiger partial charge in [0.1, 0.15) is 6.61 Å². The molecule has 0 aromatic heterocycles. The number of aryl methyl sites for hydroxylation is 2. The van der Waals surface area contributed by atoms with Gasteiger partial charge in [-0.05, 0) is 86.1 Å². The molecule has 1 saturated carbocycles. The molecule has 1 saturated heterocycles. The minimum Gasteiger partial charge on any atom is -0.447 e. The molecule has 0 bridgehead atoms. The van der Waals surface area contributed by atoms with E-state index in [0.717, 1.165) is 44.1 Å². The van der Waals surface area contributed by atoms with E-state index >= 15 is 0 Å². The second-order valence-corrected chi connectivity index (χ2v) is 11.2. The van der Waals surface area contributed by atoms with Gasteiger partial charge in [0.2, 0.25) is 0 Å². The van der Waals surface area contributed by atoms with E-state index in [0.29, 0.717) is 12.5 Å². The van der Waals surface area contributed by atoms with Crippen LogP contribution in [-0.4, -0.2) is 33.3 Å². The van der Waals surface area contributed by atoms with Crippen LogP contribution in [0.5, 0.6) is 0 Å². The zero-order valence-electron chi connectivity index (χ0n) is 18.3. The van der Waals surface area contributed by atoms with Gasteiger partial charge in [0.15, 0.2) is 0 Å². The molecule has 2 aromatic carbocycles. The molecule has 1 heterocycles. The van der Waals surface area contributed by atoms with Crippen molar-refractivity contribution in [2.45, 2.75) is 61.8 Å². The lowest BCUT2D eigenvalue weighted by Crippen LogP contribution is -2.40. The number of nitrogens with one attached hydrogen (secondary N) is 1. The highest BCUT2D eigenvalue weighted by molar-refractivity contribution is 7.86. The van der Waals surface area contributed by atoms with Crippen LogP contribution in [0.15, 0.2) is 47.4 Å². The van der Waals surface area contributed by atoms with E-state index in [1.165, 1.54) is 16.7 Å². The smallest absolute Gasteiger partial charge is 0.407 e. The Balaban J connectivity index is 1.21. The molecule has 1 amide bonds. The van der Waals surface area contributed by atoms with E-state index in [-0.39, 0.29) is 29.1 Å². The molecule has 2 aliphatic carbocycles. The van der Waals surface area contributed by atoms with Crippen LogP contribution in [0.4, 0.5) is 4.79 Å². The first-order valence-corrected chi connectivity index (χ1v) is 12.8. The first-order chi connectivity index (χ1) is 15.3. The van der Waals surface area contributed by atoms with Crippen molar-refractivity contribution in [3.63, 3.8) is 0 Å². The molecule has 0 radical (unpaired) electrons. The van der Waals surface area contributed by atoms with E-state index in [1.54, 1.807) is 24.3 Å². The van der Waals surface area contributed by atoms with Crippen molar-refractivity contribution in [1.29, 1.82) is 0 Å². The molecule has 32 heavy (non-hydrogen) atoms. The monoisotopic (exact) mass is 455 g/mol. The van der Waals surface area contributed by atoms with Crippen LogP contribution in [0.25, 0.3) is 0 Å². The Morgan fingerprint density at radius 2 is 1.94 bits per heavy atom. The summed E-state index contributed by atoms with van der Waals surface area (Å²) in [6.07, 6.45) is 5.31. The molecule has 1 spiro atoms. The lowest BCUT2D eigenvalue weighted by molar-refractivity contribution is 0.172. The third-order valence-electron chi connectivity index (χ3n) is 7.26. The number of ether oxygens (including phenoxy) is 1. The SMILES string of the molecule is Cc1ccc(S(=O)(=O)OC[C@@H]2CCc3cc([C@@H]4CCC5(COC(=O)N5)C4)ccc3C2)cc1. The Kier molecular flexibility index (Phi) is 5.50. The molecule has 1 aliphatic heterocycles. The first kappa shape index (κ1) is 21.5. The molecule has 170 valence electrons. The first-order valence-electron chi connectivity index (χ1n) is 11.3. The van der Waals surface area contributed by atoms with Crippen molar-refractivity contribution < 1.29 is 22.1 Å². The summed E-state index contributed by atoms with van der Waals surface area (Å²) in [6, 6.07) is 13.5. The highest BCUT2D eigenvalue weighted by Gasteiger charge is 2.46. The Hall–Kier alpha value is -2.38. The van der Waals surface area contributed by atoms with Crippen molar-refractivity contribution >= 4 is 16.2 Å². The Bertz CT molecular complexity index is 1130. The van der Waals surface area contributed by atoms with Crippen LogP contribution in [-0.2, 0) is 31.9 Å². The van der Waals surface area contributed by atoms with E-state index in [9.17, 15) is 13.2 Å². The maximum absolute atomic E-state index is 12.5. The summed E-state index contributed by atoms with van der Waals surface area (Å²) in [5.74, 6) is 0.622. The number of amides is 1. The third kappa shape index (κ3) is 4.28. The summed E-state index contributed by atoms with van der Waals surface area (Å²) in [7, 11) is -3.73. The van der Waals surface area contributed by atoms with Crippen LogP contribution in [0, 0.1) is 12.8 Å². The number of cyclic esters (lactones) is 1. The van der Waals surface area contributed by atoms with Crippen LogP contribution in [0.1, 0.15) is 53.9 Å². The van der Waals surface area contributed by atoms with Gasteiger partial charge < -0.3 is 10.1 Å². The summed E-state index contributed by atoms with van der Waals surface area (Å²) in [5, 5.41) is 3.01. The molecule has 7 heteroatoms. The fourth-order valence-electron chi connectivity index (χ4n) is 5.35. The average Bonchev–Trinajstić information content (AvgIpc) is 3.37. The predicted molar refractivity (Wildman–Crippen MR) is 120 cm³/mol. The summed E-state index contributed by atoms with van der Waals surface area (Å²) < 4.78 is 35.5. The predicted octanol–water partition coefficient (Wildman–Crippen LogP) is 4.25. The number of carbonyl (C=O) groups excluding carboxylic acids is 1. The van der Waals surface area contributed by atoms with Crippen molar-refractivity contribution in [2.75, 3.05) is 13.2 Å². The van der Waals surface area contributed by atoms with Gasteiger partial charge in [-0.2, -0.15) is 8.42 Å². The number of alkyl carbamates (subject to hydrolysis) is 1. The molecule has 3 aliphatic rings. The second kappa shape index (κ2) is 8.19. The standard InChI is InChI=1S/C25H29NO5S/c1-17-2-8-23(9-3-17)32(28,29)31-15-18-4-5-20-13-21(7-6-19(20)12-18)22-10-11-25(14-22)16-30-24(27)26-25/h2-3,6-9,13,18,22H,4-5,10-12,14-16H2,1H3,(H,26,27)/t18-,22-,25?/m1/s1. The van der Waals surface area contributed by atoms with Gasteiger partial charge >= 0.3 is 6.09 Å². The number of rotatable bonds is 5. The number of carbonyl (C=O) groups is 1. The Morgan fingerprint density at radius 3 is 2.69 bits per heavy atom. The highest BCUT2D eigenvalue weighted by atomic mass is 32.2.